The predicted molar refractivity (Wildman–Crippen MR) is 161 cm³/mol. The Kier molecular flexibility index (Phi) is 11.0. The summed E-state index contributed by atoms with van der Waals surface area (Å²) in [5.41, 5.74) is 2.48. The SMILES string of the molecule is CC(C)(C)NC(=O)[C@@H](Cc1ccc(OCc2ccccc2)cc1)NC(=O)[C@H](Cc1cnc[nH]1)NCC1CCCCC1. The molecule has 2 aromatic carbocycles. The summed E-state index contributed by atoms with van der Waals surface area (Å²) in [7, 11) is 0. The van der Waals surface area contributed by atoms with Crippen molar-refractivity contribution in [3.63, 3.8) is 0 Å². The quantitative estimate of drug-likeness (QED) is 0.243. The number of nitrogens with zero attached hydrogens (tertiary/aromatic N) is 1. The van der Waals surface area contributed by atoms with Crippen molar-refractivity contribution in [2.24, 2.45) is 5.92 Å². The largest absolute Gasteiger partial charge is 0.489 e. The molecule has 0 bridgehead atoms. The number of aromatic nitrogens is 2. The fourth-order valence-electron chi connectivity index (χ4n) is 5.21. The van der Waals surface area contributed by atoms with Gasteiger partial charge >= 0.3 is 0 Å². The van der Waals surface area contributed by atoms with E-state index in [1.165, 1.54) is 32.1 Å². The number of ether oxygens (including phenoxy) is 1. The number of aromatic amines is 1. The van der Waals surface area contributed by atoms with Gasteiger partial charge < -0.3 is 25.7 Å². The molecule has 0 radical (unpaired) electrons. The van der Waals surface area contributed by atoms with Gasteiger partial charge in [-0.05, 0) is 69.3 Å². The Morgan fingerprint density at radius 1 is 0.927 bits per heavy atom. The fourth-order valence-corrected chi connectivity index (χ4v) is 5.21. The van der Waals surface area contributed by atoms with E-state index in [1.807, 2.05) is 75.4 Å². The molecule has 1 saturated carbocycles. The summed E-state index contributed by atoms with van der Waals surface area (Å²) in [6.07, 6.45) is 10.4. The molecule has 41 heavy (non-hydrogen) atoms. The Hall–Kier alpha value is -3.65. The Balaban J connectivity index is 1.43. The number of nitrogens with one attached hydrogen (secondary N) is 4. The minimum Gasteiger partial charge on any atom is -0.489 e. The van der Waals surface area contributed by atoms with Crippen LogP contribution in [0, 0.1) is 5.92 Å². The molecule has 8 heteroatoms. The van der Waals surface area contributed by atoms with Gasteiger partial charge in [0.25, 0.3) is 0 Å². The van der Waals surface area contributed by atoms with E-state index < -0.39 is 17.6 Å². The van der Waals surface area contributed by atoms with Gasteiger partial charge in [-0.1, -0.05) is 61.7 Å². The average Bonchev–Trinajstić information content (AvgIpc) is 3.48. The molecule has 1 heterocycles. The monoisotopic (exact) mass is 559 g/mol. The van der Waals surface area contributed by atoms with Crippen LogP contribution in [0.4, 0.5) is 0 Å². The summed E-state index contributed by atoms with van der Waals surface area (Å²) < 4.78 is 5.92. The number of hydrogen-bond donors (Lipinski definition) is 4. The number of rotatable bonds is 13. The molecule has 2 amide bonds. The maximum absolute atomic E-state index is 13.7. The summed E-state index contributed by atoms with van der Waals surface area (Å²) in [5, 5.41) is 9.63. The third-order valence-corrected chi connectivity index (χ3v) is 7.42. The van der Waals surface area contributed by atoms with Crippen LogP contribution in [0.15, 0.2) is 67.1 Å². The highest BCUT2D eigenvalue weighted by Crippen LogP contribution is 2.23. The summed E-state index contributed by atoms with van der Waals surface area (Å²) in [6.45, 7) is 7.09. The first-order chi connectivity index (χ1) is 19.7. The number of carbonyl (C=O) groups is 2. The molecule has 0 saturated heterocycles. The van der Waals surface area contributed by atoms with Crippen molar-refractivity contribution >= 4 is 11.8 Å². The van der Waals surface area contributed by atoms with Crippen molar-refractivity contribution < 1.29 is 14.3 Å². The Bertz CT molecular complexity index is 1200. The zero-order chi connectivity index (χ0) is 29.1. The van der Waals surface area contributed by atoms with Crippen molar-refractivity contribution in [1.82, 2.24) is 25.9 Å². The van der Waals surface area contributed by atoms with Gasteiger partial charge in [-0.15, -0.1) is 0 Å². The van der Waals surface area contributed by atoms with Crippen LogP contribution in [-0.2, 0) is 29.0 Å². The molecule has 1 aliphatic carbocycles. The van der Waals surface area contributed by atoms with Gasteiger partial charge in [0.15, 0.2) is 0 Å². The molecule has 0 aliphatic heterocycles. The number of amides is 2. The molecule has 3 aromatic rings. The highest BCUT2D eigenvalue weighted by atomic mass is 16.5. The molecule has 220 valence electrons. The van der Waals surface area contributed by atoms with Crippen molar-refractivity contribution in [3.8, 4) is 5.75 Å². The Morgan fingerprint density at radius 2 is 1.66 bits per heavy atom. The number of carbonyl (C=O) groups excluding carboxylic acids is 2. The van der Waals surface area contributed by atoms with Gasteiger partial charge in [-0.2, -0.15) is 0 Å². The molecular formula is C33H45N5O3. The van der Waals surface area contributed by atoms with Gasteiger partial charge in [0, 0.05) is 30.3 Å². The van der Waals surface area contributed by atoms with Gasteiger partial charge in [0.05, 0.1) is 12.4 Å². The number of H-pyrrole nitrogens is 1. The molecule has 0 unspecified atom stereocenters. The van der Waals surface area contributed by atoms with Crippen molar-refractivity contribution in [2.75, 3.05) is 6.54 Å². The van der Waals surface area contributed by atoms with Crippen LogP contribution >= 0.6 is 0 Å². The smallest absolute Gasteiger partial charge is 0.243 e. The summed E-state index contributed by atoms with van der Waals surface area (Å²) >= 11 is 0. The molecule has 0 spiro atoms. The Labute approximate surface area is 244 Å². The van der Waals surface area contributed by atoms with Crippen LogP contribution < -0.4 is 20.7 Å². The average molecular weight is 560 g/mol. The van der Waals surface area contributed by atoms with Crippen LogP contribution in [0.5, 0.6) is 5.75 Å². The third-order valence-electron chi connectivity index (χ3n) is 7.42. The normalized spacial score (nSPS) is 15.6. The van der Waals surface area contributed by atoms with E-state index in [2.05, 4.69) is 25.9 Å². The van der Waals surface area contributed by atoms with Crippen LogP contribution in [0.1, 0.15) is 69.7 Å². The molecule has 2 atom stereocenters. The van der Waals surface area contributed by atoms with Crippen LogP contribution in [0.3, 0.4) is 0 Å². The molecule has 4 N–H and O–H groups in total. The molecule has 8 nitrogen and oxygen atoms in total. The zero-order valence-corrected chi connectivity index (χ0v) is 24.6. The second-order valence-electron chi connectivity index (χ2n) is 12.2. The predicted octanol–water partition coefficient (Wildman–Crippen LogP) is 4.71. The topological polar surface area (TPSA) is 108 Å². The van der Waals surface area contributed by atoms with Gasteiger partial charge in [0.2, 0.25) is 11.8 Å². The lowest BCUT2D eigenvalue weighted by Crippen LogP contribution is -2.57. The van der Waals surface area contributed by atoms with Crippen LogP contribution in [0.2, 0.25) is 0 Å². The van der Waals surface area contributed by atoms with E-state index in [9.17, 15) is 9.59 Å². The summed E-state index contributed by atoms with van der Waals surface area (Å²) in [5.74, 6) is 0.933. The zero-order valence-electron chi connectivity index (χ0n) is 24.6. The lowest BCUT2D eigenvalue weighted by Gasteiger charge is -2.28. The minimum absolute atomic E-state index is 0.188. The minimum atomic E-state index is -0.724. The van der Waals surface area contributed by atoms with Gasteiger partial charge in [-0.3, -0.25) is 9.59 Å². The lowest BCUT2D eigenvalue weighted by molar-refractivity contribution is -0.130. The second-order valence-corrected chi connectivity index (χ2v) is 12.2. The first kappa shape index (κ1) is 30.3. The first-order valence-corrected chi connectivity index (χ1v) is 14.8. The molecule has 1 aliphatic rings. The molecular weight excluding hydrogens is 514 g/mol. The van der Waals surface area contributed by atoms with E-state index in [0.29, 0.717) is 25.4 Å². The highest BCUT2D eigenvalue weighted by molar-refractivity contribution is 5.90. The third kappa shape index (κ3) is 10.4. The molecule has 4 rings (SSSR count). The fraction of sp³-hybridized carbons (Fsp3) is 0.485. The molecule has 1 fully saturated rings. The van der Waals surface area contributed by atoms with E-state index in [-0.39, 0.29) is 11.8 Å². The van der Waals surface area contributed by atoms with Crippen molar-refractivity contribution in [2.45, 2.75) is 89.9 Å². The summed E-state index contributed by atoms with van der Waals surface area (Å²) in [6, 6.07) is 16.5. The number of benzene rings is 2. The first-order valence-electron chi connectivity index (χ1n) is 14.8. The Morgan fingerprint density at radius 3 is 2.32 bits per heavy atom. The maximum atomic E-state index is 13.7. The highest BCUT2D eigenvalue weighted by Gasteiger charge is 2.29. The van der Waals surface area contributed by atoms with E-state index in [0.717, 1.165) is 29.1 Å². The molecule has 1 aromatic heterocycles. The number of hydrogen-bond acceptors (Lipinski definition) is 5. The van der Waals surface area contributed by atoms with Crippen molar-refractivity contribution in [1.29, 1.82) is 0 Å². The van der Waals surface area contributed by atoms with Gasteiger partial charge in [0.1, 0.15) is 18.4 Å². The van der Waals surface area contributed by atoms with Crippen LogP contribution in [-0.4, -0.2) is 45.9 Å². The van der Waals surface area contributed by atoms with Crippen molar-refractivity contribution in [3.05, 3.63) is 83.9 Å². The van der Waals surface area contributed by atoms with E-state index >= 15 is 0 Å². The number of imidazole rings is 1. The maximum Gasteiger partial charge on any atom is 0.243 e. The lowest BCUT2D eigenvalue weighted by atomic mass is 9.89. The van der Waals surface area contributed by atoms with Gasteiger partial charge in [-0.25, -0.2) is 4.98 Å². The van der Waals surface area contributed by atoms with Crippen LogP contribution in [0.25, 0.3) is 0 Å². The van der Waals surface area contributed by atoms with E-state index in [1.54, 1.807) is 12.5 Å². The standard InChI is InChI=1S/C33H45N5O3/c1-33(2,3)38-32(40)30(18-24-14-16-28(17-15-24)41-22-26-12-8-5-9-13-26)37-31(39)29(19-27-21-34-23-36-27)35-20-25-10-6-4-7-11-25/h5,8-9,12-17,21,23,25,29-30,35H,4,6-7,10-11,18-20,22H2,1-3H3,(H,34,36)(H,37,39)(H,38,40)/t29-,30+/m0/s1. The summed E-state index contributed by atoms with van der Waals surface area (Å²) in [4.78, 5) is 34.3. The van der Waals surface area contributed by atoms with E-state index in [4.69, 9.17) is 4.74 Å². The second kappa shape index (κ2) is 14.8.